The van der Waals surface area contributed by atoms with E-state index in [9.17, 15) is 5.11 Å². The first-order valence-electron chi connectivity index (χ1n) is 11.0. The number of aliphatic hydroxyl groups excluding tert-OH is 1. The number of imidazole rings is 1. The van der Waals surface area contributed by atoms with Gasteiger partial charge < -0.3 is 0 Å². The van der Waals surface area contributed by atoms with E-state index in [4.69, 9.17) is 0 Å². The number of hydrogen-bond donors (Lipinski definition) is 1. The standard InChI is InChI=1S/C11H20N2.2C4H9.C3H5O.Sn/c1-3-5-6-7-8-13-10-9-12(4-2)11-13;2*1-3-4-2;1-2-3-4;/h9-11H,1,3-8H2,2H3;2*1,3-4H2,2H3;1-2,4H,3H2;/q+1;;;;. The Balaban J connectivity index is 2.39. The van der Waals surface area contributed by atoms with Crippen LogP contribution in [0.1, 0.15) is 72.1 Å². The van der Waals surface area contributed by atoms with E-state index in [-0.39, 0.29) is 6.61 Å². The topological polar surface area (TPSA) is 29.0 Å². The molecule has 0 fully saturated rings. The van der Waals surface area contributed by atoms with Crippen molar-refractivity contribution in [1.82, 2.24) is 4.57 Å². The minimum atomic E-state index is -2.18. The van der Waals surface area contributed by atoms with Crippen molar-refractivity contribution in [3.05, 3.63) is 28.9 Å². The fourth-order valence-corrected chi connectivity index (χ4v) is 17.9. The normalized spacial score (nSPS) is 12.3. The first kappa shape index (κ1) is 23.7. The van der Waals surface area contributed by atoms with E-state index in [2.05, 4.69) is 58.8 Å². The van der Waals surface area contributed by atoms with Crippen LogP contribution in [0.5, 0.6) is 0 Å². The predicted molar refractivity (Wildman–Crippen MR) is 115 cm³/mol. The van der Waals surface area contributed by atoms with Gasteiger partial charge in [-0.2, -0.15) is 0 Å². The van der Waals surface area contributed by atoms with Crippen LogP contribution in [0.15, 0.2) is 28.9 Å². The fourth-order valence-electron chi connectivity index (χ4n) is 3.87. The third-order valence-electron chi connectivity index (χ3n) is 5.59. The Labute approximate surface area is 166 Å². The molecule has 0 saturated carbocycles. The van der Waals surface area contributed by atoms with Crippen molar-refractivity contribution in [3.8, 4) is 0 Å². The van der Waals surface area contributed by atoms with E-state index in [0.717, 1.165) is 13.1 Å². The van der Waals surface area contributed by atoms with Crippen LogP contribution in [0, 0.1) is 0 Å². The van der Waals surface area contributed by atoms with Gasteiger partial charge in [-0.05, 0) is 0 Å². The number of aliphatic hydroxyl groups is 1. The Hall–Kier alpha value is -0.291. The van der Waals surface area contributed by atoms with E-state index < -0.39 is 18.4 Å². The molecule has 1 heterocycles. The van der Waals surface area contributed by atoms with E-state index in [1.165, 1.54) is 64.7 Å². The molecule has 0 aromatic carbocycles. The molecule has 150 valence electrons. The second-order valence-electron chi connectivity index (χ2n) is 7.80. The van der Waals surface area contributed by atoms with Crippen LogP contribution in [0.2, 0.25) is 13.3 Å². The summed E-state index contributed by atoms with van der Waals surface area (Å²) >= 11 is -2.18. The summed E-state index contributed by atoms with van der Waals surface area (Å²) in [6.45, 7) is 9.25. The van der Waals surface area contributed by atoms with Gasteiger partial charge >= 0.3 is 167 Å². The van der Waals surface area contributed by atoms with Gasteiger partial charge in [-0.15, -0.1) is 0 Å². The van der Waals surface area contributed by atoms with Crippen LogP contribution in [-0.2, 0) is 13.1 Å². The minimum absolute atomic E-state index is 0.228. The second kappa shape index (κ2) is 14.7. The van der Waals surface area contributed by atoms with Crippen molar-refractivity contribution in [2.75, 3.05) is 6.61 Å². The first-order chi connectivity index (χ1) is 12.7. The Bertz CT molecular complexity index is 476. The molecule has 0 aliphatic heterocycles. The van der Waals surface area contributed by atoms with Gasteiger partial charge in [-0.3, -0.25) is 0 Å². The fraction of sp³-hybridized carbons (Fsp3) is 0.773. The summed E-state index contributed by atoms with van der Waals surface area (Å²) in [5.41, 5.74) is 0. The van der Waals surface area contributed by atoms with E-state index in [1.807, 2.05) is 0 Å². The third-order valence-corrected chi connectivity index (χ3v) is 19.8. The Morgan fingerprint density at radius 1 is 0.923 bits per heavy atom. The SMILES string of the molecule is CCC[CH2][Sn](/[CH]=C/CO)([CH2]CCC)[CH2]CCCCC[n+]1ccn(CC)c1. The molecule has 0 unspecified atom stereocenters. The molecule has 1 rings (SSSR count). The number of unbranched alkanes of at least 4 members (excludes halogenated alkanes) is 5. The molecule has 4 heteroatoms. The molecule has 0 bridgehead atoms. The van der Waals surface area contributed by atoms with Crippen molar-refractivity contribution < 1.29 is 9.67 Å². The molecule has 0 aliphatic rings. The molecular formula is C22H43N2OSn+. The van der Waals surface area contributed by atoms with Crippen molar-refractivity contribution in [2.45, 2.75) is 98.5 Å². The summed E-state index contributed by atoms with van der Waals surface area (Å²) in [6, 6.07) is 0. The van der Waals surface area contributed by atoms with Gasteiger partial charge in [0.05, 0.1) is 0 Å². The molecule has 0 aliphatic carbocycles. The van der Waals surface area contributed by atoms with E-state index in [1.54, 1.807) is 0 Å². The number of hydrogen-bond acceptors (Lipinski definition) is 1. The van der Waals surface area contributed by atoms with Crippen LogP contribution in [-0.4, -0.2) is 34.7 Å². The van der Waals surface area contributed by atoms with Gasteiger partial charge in [0.1, 0.15) is 0 Å². The summed E-state index contributed by atoms with van der Waals surface area (Å²) in [4.78, 5) is 0. The molecule has 0 radical (unpaired) electrons. The van der Waals surface area contributed by atoms with Crippen LogP contribution < -0.4 is 4.57 Å². The van der Waals surface area contributed by atoms with Gasteiger partial charge in [-0.25, -0.2) is 0 Å². The van der Waals surface area contributed by atoms with E-state index in [0.29, 0.717) is 0 Å². The molecule has 1 aromatic rings. The van der Waals surface area contributed by atoms with Gasteiger partial charge in [0.15, 0.2) is 0 Å². The Kier molecular flexibility index (Phi) is 13.5. The zero-order valence-electron chi connectivity index (χ0n) is 17.6. The predicted octanol–water partition coefficient (Wildman–Crippen LogP) is 5.49. The summed E-state index contributed by atoms with van der Waals surface area (Å²) in [7, 11) is 0. The maximum absolute atomic E-state index is 9.29. The monoisotopic (exact) mass is 471 g/mol. The quantitative estimate of drug-likeness (QED) is 0.193. The van der Waals surface area contributed by atoms with Gasteiger partial charge in [0, 0.05) is 0 Å². The van der Waals surface area contributed by atoms with Gasteiger partial charge in [0.25, 0.3) is 0 Å². The van der Waals surface area contributed by atoms with Crippen molar-refractivity contribution in [1.29, 1.82) is 0 Å². The summed E-state index contributed by atoms with van der Waals surface area (Å²) in [6.07, 6.45) is 19.5. The molecule has 1 N–H and O–H groups in total. The molecule has 0 atom stereocenters. The molecule has 0 amide bonds. The van der Waals surface area contributed by atoms with Crippen LogP contribution in [0.4, 0.5) is 0 Å². The number of nitrogens with zero attached hydrogens (tertiary/aromatic N) is 2. The summed E-state index contributed by atoms with van der Waals surface area (Å²) < 4.78 is 11.6. The van der Waals surface area contributed by atoms with Crippen molar-refractivity contribution >= 4 is 18.4 Å². The zero-order chi connectivity index (χ0) is 19.1. The van der Waals surface area contributed by atoms with Crippen LogP contribution in [0.3, 0.4) is 0 Å². The molecule has 1 aromatic heterocycles. The van der Waals surface area contributed by atoms with Crippen molar-refractivity contribution in [2.24, 2.45) is 0 Å². The summed E-state index contributed by atoms with van der Waals surface area (Å²) in [5, 5.41) is 9.29. The van der Waals surface area contributed by atoms with Crippen LogP contribution >= 0.6 is 0 Å². The number of rotatable bonds is 16. The van der Waals surface area contributed by atoms with E-state index >= 15 is 0 Å². The molecule has 0 spiro atoms. The Morgan fingerprint density at radius 2 is 1.58 bits per heavy atom. The summed E-state index contributed by atoms with van der Waals surface area (Å²) in [5.74, 6) is 0. The average molecular weight is 470 g/mol. The van der Waals surface area contributed by atoms with Crippen molar-refractivity contribution in [3.63, 3.8) is 0 Å². The molecular weight excluding hydrogens is 427 g/mol. The third kappa shape index (κ3) is 9.59. The average Bonchev–Trinajstić information content (AvgIpc) is 3.13. The first-order valence-corrected chi connectivity index (χ1v) is 18.7. The van der Waals surface area contributed by atoms with Gasteiger partial charge in [0.2, 0.25) is 0 Å². The number of aryl methyl sites for hydroxylation is 2. The molecule has 3 nitrogen and oxygen atoms in total. The zero-order valence-corrected chi connectivity index (χ0v) is 20.5. The van der Waals surface area contributed by atoms with Gasteiger partial charge in [-0.1, -0.05) is 0 Å². The Morgan fingerprint density at radius 3 is 2.15 bits per heavy atom. The number of aromatic nitrogens is 2. The second-order valence-corrected chi connectivity index (χ2v) is 20.8. The molecule has 0 saturated heterocycles. The van der Waals surface area contributed by atoms with Crippen LogP contribution in [0.25, 0.3) is 0 Å². The molecule has 26 heavy (non-hydrogen) atoms. The maximum atomic E-state index is 9.29.